The Hall–Kier alpha value is -1.25. The number of hydrogen-bond acceptors (Lipinski definition) is 3. The summed E-state index contributed by atoms with van der Waals surface area (Å²) < 4.78 is 0. The minimum Gasteiger partial charge on any atom is -0.265 e. The summed E-state index contributed by atoms with van der Waals surface area (Å²) in [7, 11) is 0. The third-order valence-corrected chi connectivity index (χ3v) is 1.61. The first-order valence-electron chi connectivity index (χ1n) is 4.15. The molecule has 0 spiro atoms. The van der Waals surface area contributed by atoms with Crippen LogP contribution in [0.1, 0.15) is 25.5 Å². The lowest BCUT2D eigenvalue weighted by Crippen LogP contribution is -2.10. The van der Waals surface area contributed by atoms with Gasteiger partial charge in [-0.15, -0.1) is 0 Å². The average molecular weight is 164 g/mol. The van der Waals surface area contributed by atoms with Gasteiger partial charge in [0.15, 0.2) is 0 Å². The molecule has 1 aromatic rings. The monoisotopic (exact) mass is 164 g/mol. The molecule has 0 aliphatic rings. The first-order valence-corrected chi connectivity index (χ1v) is 4.15. The highest BCUT2D eigenvalue weighted by atomic mass is 16.1. The molecule has 1 heterocycles. The van der Waals surface area contributed by atoms with E-state index in [0.717, 1.165) is 19.3 Å². The van der Waals surface area contributed by atoms with Gasteiger partial charge >= 0.3 is 0 Å². The topological polar surface area (TPSA) is 42.9 Å². The Morgan fingerprint density at radius 1 is 1.33 bits per heavy atom. The predicted molar refractivity (Wildman–Crippen MR) is 46.9 cm³/mol. The second kappa shape index (κ2) is 4.59. The van der Waals surface area contributed by atoms with Crippen molar-refractivity contribution < 1.29 is 0 Å². The molecular weight excluding hydrogens is 152 g/mol. The maximum absolute atomic E-state index is 11.2. The second-order valence-corrected chi connectivity index (χ2v) is 2.60. The second-order valence-electron chi connectivity index (χ2n) is 2.60. The van der Waals surface area contributed by atoms with Crippen molar-refractivity contribution in [2.24, 2.45) is 0 Å². The van der Waals surface area contributed by atoms with Gasteiger partial charge in [-0.25, -0.2) is 4.98 Å². The van der Waals surface area contributed by atoms with Gasteiger partial charge in [-0.2, -0.15) is 0 Å². The Labute approximate surface area is 71.5 Å². The van der Waals surface area contributed by atoms with Crippen molar-refractivity contribution in [3.63, 3.8) is 0 Å². The number of hydrogen-bond donors (Lipinski definition) is 0. The van der Waals surface area contributed by atoms with E-state index in [2.05, 4.69) is 16.9 Å². The van der Waals surface area contributed by atoms with E-state index in [4.69, 9.17) is 0 Å². The van der Waals surface area contributed by atoms with Crippen LogP contribution in [0, 0.1) is 0 Å². The van der Waals surface area contributed by atoms with E-state index >= 15 is 0 Å². The van der Waals surface area contributed by atoms with E-state index in [1.54, 1.807) is 12.3 Å². The maximum atomic E-state index is 11.2. The molecular formula is C9H12N2O. The molecule has 0 saturated carbocycles. The number of nitrogens with zero attached hydrogens (tertiary/aromatic N) is 2. The van der Waals surface area contributed by atoms with Crippen molar-refractivity contribution in [2.45, 2.75) is 26.2 Å². The highest BCUT2D eigenvalue weighted by Crippen LogP contribution is 1.93. The van der Waals surface area contributed by atoms with Gasteiger partial charge < -0.3 is 0 Å². The minimum atomic E-state index is -0.201. The summed E-state index contributed by atoms with van der Waals surface area (Å²) in [4.78, 5) is 18.8. The first-order chi connectivity index (χ1) is 5.84. The van der Waals surface area contributed by atoms with Crippen LogP contribution in [0.25, 0.3) is 0 Å². The van der Waals surface area contributed by atoms with Gasteiger partial charge in [-0.3, -0.25) is 9.78 Å². The molecule has 1 rings (SSSR count). The van der Waals surface area contributed by atoms with Gasteiger partial charge in [0.25, 0.3) is 5.56 Å². The van der Waals surface area contributed by atoms with Crippen LogP contribution in [0.15, 0.2) is 23.3 Å². The molecule has 0 amide bonds. The fraction of sp³-hybridized carbons (Fsp3) is 0.444. The molecule has 0 aromatic carbocycles. The third kappa shape index (κ3) is 2.42. The Bertz CT molecular complexity index is 298. The normalized spacial score (nSPS) is 9.75. The van der Waals surface area contributed by atoms with Gasteiger partial charge in [0.1, 0.15) is 5.69 Å². The van der Waals surface area contributed by atoms with Crippen LogP contribution in [0.2, 0.25) is 0 Å². The summed E-state index contributed by atoms with van der Waals surface area (Å²) in [5.74, 6) is 0. The smallest absolute Gasteiger partial charge is 0.265 e. The molecule has 0 fully saturated rings. The van der Waals surface area contributed by atoms with Crippen LogP contribution in [0.5, 0.6) is 0 Å². The van der Waals surface area contributed by atoms with E-state index in [1.807, 2.05) is 0 Å². The molecule has 1 aromatic heterocycles. The highest BCUT2D eigenvalue weighted by Gasteiger charge is 1.97. The average Bonchev–Trinajstić information content (AvgIpc) is 2.27. The molecule has 3 nitrogen and oxygen atoms in total. The standard InChI is InChI=1S/C9H12N2O/c1-2-3-5-8-9(12)11-7-4-6-10-8/h4,6-7H,2-3,5H2,1H3. The zero-order chi connectivity index (χ0) is 8.81. The number of aromatic nitrogens is 2. The molecule has 0 aliphatic carbocycles. The number of unbranched alkanes of at least 4 members (excludes halogenated alkanes) is 1. The Kier molecular flexibility index (Phi) is 3.38. The van der Waals surface area contributed by atoms with E-state index < -0.39 is 0 Å². The summed E-state index contributed by atoms with van der Waals surface area (Å²) >= 11 is 0. The molecule has 0 unspecified atom stereocenters. The molecule has 0 saturated heterocycles. The van der Waals surface area contributed by atoms with Gasteiger partial charge in [-0.05, 0) is 18.9 Å². The van der Waals surface area contributed by atoms with Crippen molar-refractivity contribution >= 4 is 0 Å². The van der Waals surface area contributed by atoms with Gasteiger partial charge in [0, 0.05) is 12.4 Å². The van der Waals surface area contributed by atoms with Crippen LogP contribution < -0.4 is 5.56 Å². The lowest BCUT2D eigenvalue weighted by molar-refractivity contribution is 0.769. The molecule has 0 radical (unpaired) electrons. The van der Waals surface area contributed by atoms with E-state index in [-0.39, 0.29) is 5.56 Å². The maximum Gasteiger partial charge on any atom is 0.291 e. The quantitative estimate of drug-likeness (QED) is 0.673. The fourth-order valence-electron chi connectivity index (χ4n) is 0.928. The van der Waals surface area contributed by atoms with Crippen molar-refractivity contribution in [2.75, 3.05) is 0 Å². The predicted octanol–water partition coefficient (Wildman–Crippen LogP) is 1.18. The zero-order valence-electron chi connectivity index (χ0n) is 7.16. The Balaban J connectivity index is 2.86. The van der Waals surface area contributed by atoms with Crippen LogP contribution in [-0.4, -0.2) is 9.97 Å². The van der Waals surface area contributed by atoms with Gasteiger partial charge in [-0.1, -0.05) is 13.3 Å². The van der Waals surface area contributed by atoms with Gasteiger partial charge in [0.05, 0.1) is 0 Å². The van der Waals surface area contributed by atoms with Crippen molar-refractivity contribution in [1.82, 2.24) is 9.97 Å². The lowest BCUT2D eigenvalue weighted by Gasteiger charge is -1.90. The Morgan fingerprint density at radius 3 is 2.83 bits per heavy atom. The molecule has 3 heteroatoms. The van der Waals surface area contributed by atoms with Crippen LogP contribution in [0.3, 0.4) is 0 Å². The fourth-order valence-corrected chi connectivity index (χ4v) is 0.928. The lowest BCUT2D eigenvalue weighted by atomic mass is 10.2. The largest absolute Gasteiger partial charge is 0.291 e. The van der Waals surface area contributed by atoms with Crippen molar-refractivity contribution in [3.05, 3.63) is 34.5 Å². The first kappa shape index (κ1) is 8.84. The summed E-state index contributed by atoms with van der Waals surface area (Å²) in [6, 6.07) is 1.66. The SMILES string of the molecule is CCCCc1ncccnc1=O. The number of aryl methyl sites for hydroxylation is 1. The van der Waals surface area contributed by atoms with Crippen LogP contribution in [-0.2, 0) is 6.42 Å². The molecule has 64 valence electrons. The summed E-state index contributed by atoms with van der Waals surface area (Å²) in [6.07, 6.45) is 5.88. The minimum absolute atomic E-state index is 0.201. The molecule has 0 atom stereocenters. The van der Waals surface area contributed by atoms with Crippen molar-refractivity contribution in [1.29, 1.82) is 0 Å². The van der Waals surface area contributed by atoms with Crippen LogP contribution >= 0.6 is 0 Å². The molecule has 0 bridgehead atoms. The molecule has 0 N–H and O–H groups in total. The summed E-state index contributed by atoms with van der Waals surface area (Å²) in [5.41, 5.74) is 0.371. The molecule has 12 heavy (non-hydrogen) atoms. The van der Waals surface area contributed by atoms with Gasteiger partial charge in [0.2, 0.25) is 0 Å². The Morgan fingerprint density at radius 2 is 2.08 bits per heavy atom. The third-order valence-electron chi connectivity index (χ3n) is 1.61. The molecule has 0 aliphatic heterocycles. The van der Waals surface area contributed by atoms with Crippen molar-refractivity contribution in [3.8, 4) is 0 Å². The number of rotatable bonds is 3. The van der Waals surface area contributed by atoms with E-state index in [9.17, 15) is 4.79 Å². The highest BCUT2D eigenvalue weighted by molar-refractivity contribution is 4.95. The zero-order valence-corrected chi connectivity index (χ0v) is 7.16. The van der Waals surface area contributed by atoms with Crippen LogP contribution in [0.4, 0.5) is 0 Å². The van der Waals surface area contributed by atoms with E-state index in [0.29, 0.717) is 5.69 Å². The summed E-state index contributed by atoms with van der Waals surface area (Å²) in [5, 5.41) is 0. The van der Waals surface area contributed by atoms with E-state index in [1.165, 1.54) is 6.20 Å². The summed E-state index contributed by atoms with van der Waals surface area (Å²) in [6.45, 7) is 2.08.